The lowest BCUT2D eigenvalue weighted by molar-refractivity contribution is 0.204. The first-order valence-electron chi connectivity index (χ1n) is 5.35. The average molecular weight is 219 g/mol. The van der Waals surface area contributed by atoms with E-state index in [1.165, 1.54) is 0 Å². The molecular weight excluding hydrogens is 202 g/mol. The van der Waals surface area contributed by atoms with Gasteiger partial charge in [0.05, 0.1) is 17.8 Å². The summed E-state index contributed by atoms with van der Waals surface area (Å²) in [6, 6.07) is 7.91. The van der Waals surface area contributed by atoms with Gasteiger partial charge in [0, 0.05) is 24.4 Å². The largest absolute Gasteiger partial charge is 0.395 e. The van der Waals surface area contributed by atoms with Gasteiger partial charge in [0.1, 0.15) is 0 Å². The van der Waals surface area contributed by atoms with Crippen molar-refractivity contribution in [3.63, 3.8) is 0 Å². The van der Waals surface area contributed by atoms with Crippen molar-refractivity contribution >= 4 is 10.9 Å². The second-order valence-electron chi connectivity index (χ2n) is 4.41. The Bertz CT molecular complexity index is 500. The molecule has 1 atom stereocenters. The SMILES string of the molecule is Cn1nc2ccccc2c1C(C)(CN)CO. The second kappa shape index (κ2) is 3.88. The molecule has 2 rings (SSSR count). The van der Waals surface area contributed by atoms with E-state index in [1.54, 1.807) is 0 Å². The molecular formula is C12H17N3O. The lowest BCUT2D eigenvalue weighted by atomic mass is 9.86. The number of hydrogen-bond acceptors (Lipinski definition) is 3. The number of hydrogen-bond donors (Lipinski definition) is 2. The number of fused-ring (bicyclic) bond motifs is 1. The Morgan fingerprint density at radius 3 is 2.75 bits per heavy atom. The zero-order chi connectivity index (χ0) is 11.8. The summed E-state index contributed by atoms with van der Waals surface area (Å²) in [5.74, 6) is 0. The third-order valence-electron chi connectivity index (χ3n) is 3.11. The van der Waals surface area contributed by atoms with Crippen molar-refractivity contribution in [1.82, 2.24) is 9.78 Å². The zero-order valence-electron chi connectivity index (χ0n) is 9.64. The number of aryl methyl sites for hydroxylation is 1. The van der Waals surface area contributed by atoms with Crippen molar-refractivity contribution in [3.8, 4) is 0 Å². The summed E-state index contributed by atoms with van der Waals surface area (Å²) in [6.45, 7) is 2.37. The molecule has 1 aromatic carbocycles. The highest BCUT2D eigenvalue weighted by Crippen LogP contribution is 2.29. The predicted octanol–water partition coefficient (Wildman–Crippen LogP) is 0.782. The number of aromatic nitrogens is 2. The maximum atomic E-state index is 9.52. The number of aliphatic hydroxyl groups is 1. The molecule has 0 saturated heterocycles. The summed E-state index contributed by atoms with van der Waals surface area (Å²) in [5, 5.41) is 15.0. The molecule has 86 valence electrons. The zero-order valence-corrected chi connectivity index (χ0v) is 9.64. The number of aliphatic hydroxyl groups excluding tert-OH is 1. The van der Waals surface area contributed by atoms with Gasteiger partial charge in [-0.15, -0.1) is 0 Å². The summed E-state index contributed by atoms with van der Waals surface area (Å²) < 4.78 is 1.81. The monoisotopic (exact) mass is 219 g/mol. The normalized spacial score (nSPS) is 15.2. The van der Waals surface area contributed by atoms with Crippen molar-refractivity contribution < 1.29 is 5.11 Å². The summed E-state index contributed by atoms with van der Waals surface area (Å²) in [5.41, 5.74) is 7.26. The first-order chi connectivity index (χ1) is 7.62. The van der Waals surface area contributed by atoms with Gasteiger partial charge in [-0.25, -0.2) is 0 Å². The molecule has 4 heteroatoms. The van der Waals surface area contributed by atoms with Gasteiger partial charge in [0.2, 0.25) is 0 Å². The van der Waals surface area contributed by atoms with Gasteiger partial charge in [-0.3, -0.25) is 4.68 Å². The fraction of sp³-hybridized carbons (Fsp3) is 0.417. The molecule has 0 spiro atoms. The minimum absolute atomic E-state index is 0.0209. The van der Waals surface area contributed by atoms with Gasteiger partial charge < -0.3 is 10.8 Å². The molecule has 1 aromatic heterocycles. The Morgan fingerprint density at radius 2 is 2.12 bits per heavy atom. The lowest BCUT2D eigenvalue weighted by Crippen LogP contribution is -2.37. The van der Waals surface area contributed by atoms with Gasteiger partial charge in [0.15, 0.2) is 0 Å². The second-order valence-corrected chi connectivity index (χ2v) is 4.41. The fourth-order valence-corrected chi connectivity index (χ4v) is 2.10. The lowest BCUT2D eigenvalue weighted by Gasteiger charge is -2.26. The van der Waals surface area contributed by atoms with Crippen LogP contribution in [0.2, 0.25) is 0 Å². The van der Waals surface area contributed by atoms with Crippen LogP contribution < -0.4 is 5.73 Å². The molecule has 0 radical (unpaired) electrons. The van der Waals surface area contributed by atoms with Gasteiger partial charge >= 0.3 is 0 Å². The van der Waals surface area contributed by atoms with Crippen molar-refractivity contribution in [3.05, 3.63) is 30.0 Å². The molecule has 4 nitrogen and oxygen atoms in total. The van der Waals surface area contributed by atoms with Crippen molar-refractivity contribution in [2.75, 3.05) is 13.2 Å². The highest BCUT2D eigenvalue weighted by Gasteiger charge is 2.29. The fourth-order valence-electron chi connectivity index (χ4n) is 2.10. The van der Waals surface area contributed by atoms with E-state index in [9.17, 15) is 5.11 Å². The van der Waals surface area contributed by atoms with Crippen LogP contribution in [0.25, 0.3) is 10.9 Å². The third-order valence-corrected chi connectivity index (χ3v) is 3.11. The standard InChI is InChI=1S/C12H17N3O/c1-12(7-13,8-16)11-9-5-3-4-6-10(9)14-15(11)2/h3-6,16H,7-8,13H2,1-2H3. The van der Waals surface area contributed by atoms with E-state index < -0.39 is 5.41 Å². The van der Waals surface area contributed by atoms with Crippen LogP contribution in [0.5, 0.6) is 0 Å². The third kappa shape index (κ3) is 1.50. The molecule has 16 heavy (non-hydrogen) atoms. The first-order valence-corrected chi connectivity index (χ1v) is 5.35. The van der Waals surface area contributed by atoms with Crippen LogP contribution in [-0.2, 0) is 12.5 Å². The molecule has 0 fully saturated rings. The van der Waals surface area contributed by atoms with Crippen LogP contribution in [0.15, 0.2) is 24.3 Å². The molecule has 0 aliphatic carbocycles. The van der Waals surface area contributed by atoms with Crippen LogP contribution in [0.3, 0.4) is 0 Å². The number of nitrogens with zero attached hydrogens (tertiary/aromatic N) is 2. The summed E-state index contributed by atoms with van der Waals surface area (Å²) in [4.78, 5) is 0. The highest BCUT2D eigenvalue weighted by molar-refractivity contribution is 5.82. The van der Waals surface area contributed by atoms with E-state index in [2.05, 4.69) is 5.10 Å². The van der Waals surface area contributed by atoms with Crippen LogP contribution in [0.1, 0.15) is 12.6 Å². The quantitative estimate of drug-likeness (QED) is 0.802. The van der Waals surface area contributed by atoms with Gasteiger partial charge in [-0.05, 0) is 6.07 Å². The Labute approximate surface area is 94.7 Å². The van der Waals surface area contributed by atoms with E-state index in [0.29, 0.717) is 6.54 Å². The minimum atomic E-state index is -0.440. The van der Waals surface area contributed by atoms with E-state index >= 15 is 0 Å². The van der Waals surface area contributed by atoms with Crippen molar-refractivity contribution in [2.24, 2.45) is 12.8 Å². The van der Waals surface area contributed by atoms with Gasteiger partial charge in [0.25, 0.3) is 0 Å². The molecule has 0 bridgehead atoms. The van der Waals surface area contributed by atoms with Gasteiger partial charge in [-0.1, -0.05) is 25.1 Å². The Morgan fingerprint density at radius 1 is 1.44 bits per heavy atom. The maximum absolute atomic E-state index is 9.52. The number of nitrogens with two attached hydrogens (primary N) is 1. The highest BCUT2D eigenvalue weighted by atomic mass is 16.3. The predicted molar refractivity (Wildman–Crippen MR) is 64.2 cm³/mol. The van der Waals surface area contributed by atoms with Crippen LogP contribution in [0, 0.1) is 0 Å². The molecule has 0 aliphatic heterocycles. The minimum Gasteiger partial charge on any atom is -0.395 e. The van der Waals surface area contributed by atoms with Crippen molar-refractivity contribution in [1.29, 1.82) is 0 Å². The molecule has 1 unspecified atom stereocenters. The molecule has 0 aliphatic rings. The maximum Gasteiger partial charge on any atom is 0.0926 e. The molecule has 2 aromatic rings. The average Bonchev–Trinajstić information content (AvgIpc) is 2.64. The summed E-state index contributed by atoms with van der Waals surface area (Å²) in [7, 11) is 1.89. The Hall–Kier alpha value is -1.39. The van der Waals surface area contributed by atoms with Crippen molar-refractivity contribution in [2.45, 2.75) is 12.3 Å². The molecule has 0 saturated carbocycles. The Balaban J connectivity index is 2.72. The number of benzene rings is 1. The molecule has 3 N–H and O–H groups in total. The molecule has 1 heterocycles. The summed E-state index contributed by atoms with van der Waals surface area (Å²) in [6.07, 6.45) is 0. The van der Waals surface area contributed by atoms with Crippen LogP contribution >= 0.6 is 0 Å². The van der Waals surface area contributed by atoms with Gasteiger partial charge in [-0.2, -0.15) is 5.10 Å². The topological polar surface area (TPSA) is 64.1 Å². The van der Waals surface area contributed by atoms with E-state index in [-0.39, 0.29) is 6.61 Å². The number of rotatable bonds is 3. The smallest absolute Gasteiger partial charge is 0.0926 e. The molecule has 0 amide bonds. The first kappa shape index (κ1) is 11.1. The van der Waals surface area contributed by atoms with Crippen LogP contribution in [0.4, 0.5) is 0 Å². The van der Waals surface area contributed by atoms with E-state index in [4.69, 9.17) is 5.73 Å². The van der Waals surface area contributed by atoms with E-state index in [1.807, 2.05) is 42.9 Å². The Kier molecular flexibility index (Phi) is 2.69. The van der Waals surface area contributed by atoms with Crippen LogP contribution in [-0.4, -0.2) is 28.0 Å². The van der Waals surface area contributed by atoms with E-state index in [0.717, 1.165) is 16.6 Å². The summed E-state index contributed by atoms with van der Waals surface area (Å²) >= 11 is 0.